The summed E-state index contributed by atoms with van der Waals surface area (Å²) in [5.41, 5.74) is 7.19. The Hall–Kier alpha value is -1.82. The van der Waals surface area contributed by atoms with E-state index in [4.69, 9.17) is 19.7 Å². The van der Waals surface area contributed by atoms with E-state index in [2.05, 4.69) is 5.16 Å². The van der Waals surface area contributed by atoms with Gasteiger partial charge >= 0.3 is 0 Å². The number of aromatic nitrogens is 1. The van der Waals surface area contributed by atoms with Gasteiger partial charge in [0.25, 0.3) is 0 Å². The van der Waals surface area contributed by atoms with Gasteiger partial charge in [0, 0.05) is 16.5 Å². The Morgan fingerprint density at radius 2 is 1.89 bits per heavy atom. The van der Waals surface area contributed by atoms with Gasteiger partial charge in [-0.15, -0.1) is 11.8 Å². The van der Waals surface area contributed by atoms with Crippen molar-refractivity contribution in [3.05, 3.63) is 18.2 Å². The molecular formula is C12H12N2O3S. The Morgan fingerprint density at radius 3 is 2.50 bits per heavy atom. The van der Waals surface area contributed by atoms with Crippen molar-refractivity contribution in [1.82, 2.24) is 5.16 Å². The summed E-state index contributed by atoms with van der Waals surface area (Å²) in [4.78, 5) is 1.05. The zero-order valence-corrected chi connectivity index (χ0v) is 10.6. The van der Waals surface area contributed by atoms with E-state index in [1.54, 1.807) is 17.8 Å². The molecule has 1 aliphatic heterocycles. The number of rotatable bonds is 2. The fraction of sp³-hybridized carbons (Fsp3) is 0.250. The maximum Gasteiger partial charge on any atom is 0.222 e. The minimum Gasteiger partial charge on any atom is -0.486 e. The van der Waals surface area contributed by atoms with Crippen molar-refractivity contribution in [1.29, 1.82) is 0 Å². The molecule has 0 saturated carbocycles. The molecule has 2 aromatic rings. The average Bonchev–Trinajstić information content (AvgIpc) is 2.83. The van der Waals surface area contributed by atoms with Crippen LogP contribution in [0, 0.1) is 0 Å². The molecular weight excluding hydrogens is 252 g/mol. The first kappa shape index (κ1) is 11.3. The molecule has 2 heterocycles. The molecule has 0 unspecified atom stereocenters. The van der Waals surface area contributed by atoms with Crippen LogP contribution in [0.2, 0.25) is 0 Å². The van der Waals surface area contributed by atoms with Crippen LogP contribution >= 0.6 is 11.8 Å². The summed E-state index contributed by atoms with van der Waals surface area (Å²) >= 11 is 1.61. The van der Waals surface area contributed by atoms with Crippen LogP contribution in [0.25, 0.3) is 11.3 Å². The van der Waals surface area contributed by atoms with E-state index < -0.39 is 0 Å². The minimum atomic E-state index is 0.298. The van der Waals surface area contributed by atoms with Crippen LogP contribution in [0.5, 0.6) is 11.5 Å². The molecule has 1 aliphatic rings. The monoisotopic (exact) mass is 264 g/mol. The maximum atomic E-state index is 5.57. The van der Waals surface area contributed by atoms with Gasteiger partial charge in [0.05, 0.1) is 0 Å². The van der Waals surface area contributed by atoms with Crippen molar-refractivity contribution in [3.63, 3.8) is 0 Å². The van der Waals surface area contributed by atoms with Crippen LogP contribution in [0.15, 0.2) is 27.6 Å². The topological polar surface area (TPSA) is 70.5 Å². The molecule has 0 atom stereocenters. The van der Waals surface area contributed by atoms with Gasteiger partial charge in [0.1, 0.15) is 18.9 Å². The summed E-state index contributed by atoms with van der Waals surface area (Å²) in [6.45, 7) is 1.14. The summed E-state index contributed by atoms with van der Waals surface area (Å²) in [6, 6.07) is 5.57. The van der Waals surface area contributed by atoms with E-state index >= 15 is 0 Å². The number of benzene rings is 1. The van der Waals surface area contributed by atoms with E-state index in [1.165, 1.54) is 0 Å². The molecule has 2 N–H and O–H groups in total. The van der Waals surface area contributed by atoms with E-state index in [9.17, 15) is 0 Å². The third-order valence-electron chi connectivity index (χ3n) is 2.67. The molecule has 5 nitrogen and oxygen atoms in total. The predicted octanol–water partition coefficient (Wildman–Crippen LogP) is 2.42. The van der Waals surface area contributed by atoms with Crippen LogP contribution in [0.3, 0.4) is 0 Å². The number of nitrogen functional groups attached to an aromatic ring is 1. The Balaban J connectivity index is 2.12. The second kappa shape index (κ2) is 4.45. The van der Waals surface area contributed by atoms with Gasteiger partial charge in [0.2, 0.25) is 5.88 Å². The third kappa shape index (κ3) is 1.88. The second-order valence-electron chi connectivity index (χ2n) is 3.81. The van der Waals surface area contributed by atoms with Crippen molar-refractivity contribution in [3.8, 4) is 22.8 Å². The van der Waals surface area contributed by atoms with Crippen molar-refractivity contribution < 1.29 is 14.0 Å². The average molecular weight is 264 g/mol. The SMILES string of the molecule is CSc1cc2c(cc1-c1cc(N)on1)OCCO2. The lowest BCUT2D eigenvalue weighted by Crippen LogP contribution is -2.15. The Bertz CT molecular complexity index is 583. The number of thioether (sulfide) groups is 1. The number of ether oxygens (including phenoxy) is 2. The zero-order chi connectivity index (χ0) is 12.5. The third-order valence-corrected chi connectivity index (χ3v) is 3.45. The van der Waals surface area contributed by atoms with Crippen molar-refractivity contribution >= 4 is 17.6 Å². The molecule has 0 bridgehead atoms. The summed E-state index contributed by atoms with van der Waals surface area (Å²) in [7, 11) is 0. The lowest BCUT2D eigenvalue weighted by molar-refractivity contribution is 0.171. The van der Waals surface area contributed by atoms with Crippen LogP contribution in [0.1, 0.15) is 0 Å². The molecule has 18 heavy (non-hydrogen) atoms. The molecule has 0 saturated heterocycles. The highest BCUT2D eigenvalue weighted by molar-refractivity contribution is 7.98. The van der Waals surface area contributed by atoms with Crippen molar-refractivity contribution in [2.45, 2.75) is 4.90 Å². The molecule has 1 aromatic heterocycles. The number of hydrogen-bond donors (Lipinski definition) is 1. The summed E-state index contributed by atoms with van der Waals surface area (Å²) in [6.07, 6.45) is 2.00. The van der Waals surface area contributed by atoms with Gasteiger partial charge in [0.15, 0.2) is 11.5 Å². The maximum absolute atomic E-state index is 5.57. The Morgan fingerprint density at radius 1 is 1.17 bits per heavy atom. The van der Waals surface area contributed by atoms with Crippen LogP contribution in [-0.4, -0.2) is 24.6 Å². The lowest BCUT2D eigenvalue weighted by Gasteiger charge is -2.20. The van der Waals surface area contributed by atoms with Gasteiger partial charge in [-0.05, 0) is 18.4 Å². The molecule has 3 rings (SSSR count). The molecule has 0 aliphatic carbocycles. The summed E-state index contributed by atoms with van der Waals surface area (Å²) in [5.74, 6) is 1.80. The van der Waals surface area contributed by atoms with E-state index in [1.807, 2.05) is 18.4 Å². The quantitative estimate of drug-likeness (QED) is 0.840. The lowest BCUT2D eigenvalue weighted by atomic mass is 10.1. The Kier molecular flexibility index (Phi) is 2.79. The van der Waals surface area contributed by atoms with E-state index in [-0.39, 0.29) is 0 Å². The molecule has 0 fully saturated rings. The summed E-state index contributed by atoms with van der Waals surface area (Å²) < 4.78 is 16.0. The highest BCUT2D eigenvalue weighted by Crippen LogP contribution is 2.40. The fourth-order valence-corrected chi connectivity index (χ4v) is 2.46. The van der Waals surface area contributed by atoms with E-state index in [0.717, 1.165) is 22.0 Å². The highest BCUT2D eigenvalue weighted by atomic mass is 32.2. The first-order valence-electron chi connectivity index (χ1n) is 5.48. The van der Waals surface area contributed by atoms with Crippen LogP contribution in [0.4, 0.5) is 5.88 Å². The largest absolute Gasteiger partial charge is 0.486 e. The first-order valence-corrected chi connectivity index (χ1v) is 6.70. The minimum absolute atomic E-state index is 0.298. The molecule has 0 amide bonds. The number of hydrogen-bond acceptors (Lipinski definition) is 6. The normalized spacial score (nSPS) is 13.6. The van der Waals surface area contributed by atoms with Crippen LogP contribution < -0.4 is 15.2 Å². The number of anilines is 1. The molecule has 1 aromatic carbocycles. The number of nitrogens with zero attached hydrogens (tertiary/aromatic N) is 1. The molecule has 0 radical (unpaired) electrons. The standard InChI is InChI=1S/C12H12N2O3S/c1-18-11-6-10-9(15-2-3-16-10)4-7(11)8-5-12(13)17-14-8/h4-6H,2-3,13H2,1H3. The second-order valence-corrected chi connectivity index (χ2v) is 4.66. The Labute approximate surface area is 108 Å². The smallest absolute Gasteiger partial charge is 0.222 e. The number of nitrogens with two attached hydrogens (primary N) is 1. The van der Waals surface area contributed by atoms with E-state index in [0.29, 0.717) is 24.8 Å². The van der Waals surface area contributed by atoms with Gasteiger partial charge < -0.3 is 19.7 Å². The molecule has 6 heteroatoms. The van der Waals surface area contributed by atoms with Crippen LogP contribution in [-0.2, 0) is 0 Å². The molecule has 94 valence electrons. The van der Waals surface area contributed by atoms with Gasteiger partial charge in [-0.2, -0.15) is 0 Å². The summed E-state index contributed by atoms with van der Waals surface area (Å²) in [5, 5.41) is 3.93. The van der Waals surface area contributed by atoms with Gasteiger partial charge in [-0.3, -0.25) is 0 Å². The van der Waals surface area contributed by atoms with Gasteiger partial charge in [-0.25, -0.2) is 0 Å². The number of fused-ring (bicyclic) bond motifs is 1. The zero-order valence-electron chi connectivity index (χ0n) is 9.80. The first-order chi connectivity index (χ1) is 8.78. The fourth-order valence-electron chi connectivity index (χ4n) is 1.86. The highest BCUT2D eigenvalue weighted by Gasteiger charge is 2.18. The molecule has 0 spiro atoms. The van der Waals surface area contributed by atoms with Crippen molar-refractivity contribution in [2.75, 3.05) is 25.2 Å². The van der Waals surface area contributed by atoms with Gasteiger partial charge in [-0.1, -0.05) is 5.16 Å². The predicted molar refractivity (Wildman–Crippen MR) is 69.1 cm³/mol. The van der Waals surface area contributed by atoms with Crippen molar-refractivity contribution in [2.24, 2.45) is 0 Å².